The molecular formula is C15H23NO4. The molecule has 0 aromatic carbocycles. The standard InChI is InChI=1S/C15H23NO4/c1-10(2)8-14-12(4-3-7-19-14)16-9-11-5-6-13(20-11)15(17)18/h5-6,10,12,14,16H,3-4,7-9H2,1-2H3,(H,17,18). The van der Waals surface area contributed by atoms with E-state index in [1.807, 2.05) is 0 Å². The third kappa shape index (κ3) is 4.08. The zero-order valence-electron chi connectivity index (χ0n) is 12.1. The first-order valence-electron chi connectivity index (χ1n) is 7.23. The highest BCUT2D eigenvalue weighted by Gasteiger charge is 2.26. The highest BCUT2D eigenvalue weighted by atomic mass is 16.5. The molecule has 5 nitrogen and oxygen atoms in total. The van der Waals surface area contributed by atoms with E-state index < -0.39 is 5.97 Å². The molecule has 1 fully saturated rings. The maximum Gasteiger partial charge on any atom is 0.371 e. The van der Waals surface area contributed by atoms with Gasteiger partial charge >= 0.3 is 5.97 Å². The molecule has 1 saturated heterocycles. The number of furan rings is 1. The van der Waals surface area contributed by atoms with Crippen molar-refractivity contribution in [2.24, 2.45) is 5.92 Å². The van der Waals surface area contributed by atoms with Gasteiger partial charge in [-0.1, -0.05) is 13.8 Å². The molecule has 0 amide bonds. The van der Waals surface area contributed by atoms with Crippen molar-refractivity contribution in [3.05, 3.63) is 23.7 Å². The van der Waals surface area contributed by atoms with E-state index in [0.717, 1.165) is 25.9 Å². The van der Waals surface area contributed by atoms with Crippen molar-refractivity contribution in [2.45, 2.75) is 51.8 Å². The van der Waals surface area contributed by atoms with Crippen LogP contribution < -0.4 is 5.32 Å². The van der Waals surface area contributed by atoms with Gasteiger partial charge in [0.1, 0.15) is 5.76 Å². The predicted molar refractivity (Wildman–Crippen MR) is 74.7 cm³/mol. The third-order valence-corrected chi connectivity index (χ3v) is 3.55. The molecular weight excluding hydrogens is 258 g/mol. The Kier molecular flexibility index (Phi) is 5.20. The van der Waals surface area contributed by atoms with Gasteiger partial charge in [0, 0.05) is 12.6 Å². The zero-order chi connectivity index (χ0) is 14.5. The lowest BCUT2D eigenvalue weighted by Gasteiger charge is -2.33. The van der Waals surface area contributed by atoms with Crippen LogP contribution in [0.2, 0.25) is 0 Å². The van der Waals surface area contributed by atoms with Crippen molar-refractivity contribution >= 4 is 5.97 Å². The molecule has 112 valence electrons. The van der Waals surface area contributed by atoms with Gasteiger partial charge in [0.2, 0.25) is 5.76 Å². The van der Waals surface area contributed by atoms with Gasteiger partial charge in [-0.3, -0.25) is 0 Å². The van der Waals surface area contributed by atoms with Crippen molar-refractivity contribution in [3.63, 3.8) is 0 Å². The lowest BCUT2D eigenvalue weighted by Crippen LogP contribution is -2.44. The van der Waals surface area contributed by atoms with Crippen LogP contribution in [0.5, 0.6) is 0 Å². The summed E-state index contributed by atoms with van der Waals surface area (Å²) in [5.41, 5.74) is 0. The van der Waals surface area contributed by atoms with E-state index in [0.29, 0.717) is 24.3 Å². The van der Waals surface area contributed by atoms with E-state index in [9.17, 15) is 4.79 Å². The lowest BCUT2D eigenvalue weighted by atomic mass is 9.95. The van der Waals surface area contributed by atoms with Gasteiger partial charge in [-0.15, -0.1) is 0 Å². The molecule has 2 heterocycles. The Bertz CT molecular complexity index is 441. The topological polar surface area (TPSA) is 71.7 Å². The summed E-state index contributed by atoms with van der Waals surface area (Å²) in [6.45, 7) is 5.76. The van der Waals surface area contributed by atoms with E-state index in [1.54, 1.807) is 6.07 Å². The molecule has 1 aromatic heterocycles. The average Bonchev–Trinajstić information content (AvgIpc) is 2.86. The first-order chi connectivity index (χ1) is 9.56. The van der Waals surface area contributed by atoms with E-state index in [4.69, 9.17) is 14.3 Å². The highest BCUT2D eigenvalue weighted by Crippen LogP contribution is 2.21. The Labute approximate surface area is 119 Å². The predicted octanol–water partition coefficient (Wildman–Crippen LogP) is 2.66. The lowest BCUT2D eigenvalue weighted by molar-refractivity contribution is -0.0208. The molecule has 1 aliphatic rings. The quantitative estimate of drug-likeness (QED) is 0.838. The number of rotatable bonds is 6. The fourth-order valence-corrected chi connectivity index (χ4v) is 2.59. The van der Waals surface area contributed by atoms with Crippen LogP contribution in [-0.2, 0) is 11.3 Å². The summed E-state index contributed by atoms with van der Waals surface area (Å²) in [6.07, 6.45) is 3.42. The summed E-state index contributed by atoms with van der Waals surface area (Å²) in [5.74, 6) is 0.205. The second-order valence-corrected chi connectivity index (χ2v) is 5.74. The Morgan fingerprint density at radius 1 is 1.50 bits per heavy atom. The Morgan fingerprint density at radius 2 is 2.30 bits per heavy atom. The molecule has 2 atom stereocenters. The molecule has 2 unspecified atom stereocenters. The van der Waals surface area contributed by atoms with Crippen LogP contribution in [0.1, 0.15) is 49.4 Å². The van der Waals surface area contributed by atoms with Gasteiger partial charge < -0.3 is 19.6 Å². The fourth-order valence-electron chi connectivity index (χ4n) is 2.59. The van der Waals surface area contributed by atoms with Gasteiger partial charge in [-0.2, -0.15) is 0 Å². The molecule has 0 radical (unpaired) electrons. The summed E-state index contributed by atoms with van der Waals surface area (Å²) in [6, 6.07) is 3.50. The molecule has 0 aliphatic carbocycles. The summed E-state index contributed by atoms with van der Waals surface area (Å²) in [4.78, 5) is 10.8. The number of aromatic carboxylic acids is 1. The van der Waals surface area contributed by atoms with Crippen molar-refractivity contribution < 1.29 is 19.1 Å². The van der Waals surface area contributed by atoms with Gasteiger partial charge in [-0.25, -0.2) is 4.79 Å². The number of nitrogens with one attached hydrogen (secondary N) is 1. The smallest absolute Gasteiger partial charge is 0.371 e. The molecule has 1 aromatic rings. The van der Waals surface area contributed by atoms with Crippen molar-refractivity contribution in [2.75, 3.05) is 6.61 Å². The average molecular weight is 281 g/mol. The summed E-state index contributed by atoms with van der Waals surface area (Å²) in [5, 5.41) is 12.3. The van der Waals surface area contributed by atoms with E-state index in [1.165, 1.54) is 6.07 Å². The highest BCUT2D eigenvalue weighted by molar-refractivity contribution is 5.84. The summed E-state index contributed by atoms with van der Waals surface area (Å²) in [7, 11) is 0. The second kappa shape index (κ2) is 6.90. The molecule has 0 bridgehead atoms. The van der Waals surface area contributed by atoms with Crippen molar-refractivity contribution in [3.8, 4) is 0 Å². The van der Waals surface area contributed by atoms with Crippen molar-refractivity contribution in [1.82, 2.24) is 5.32 Å². The van der Waals surface area contributed by atoms with Crippen molar-refractivity contribution in [1.29, 1.82) is 0 Å². The minimum atomic E-state index is -1.03. The Morgan fingerprint density at radius 3 is 2.95 bits per heavy atom. The summed E-state index contributed by atoms with van der Waals surface area (Å²) >= 11 is 0. The van der Waals surface area contributed by atoms with Crippen LogP contribution in [-0.4, -0.2) is 29.8 Å². The van der Waals surface area contributed by atoms with Gasteiger partial charge in [-0.05, 0) is 37.3 Å². The Hall–Kier alpha value is -1.33. The van der Waals surface area contributed by atoms with Crippen LogP contribution in [0.25, 0.3) is 0 Å². The van der Waals surface area contributed by atoms with Gasteiger partial charge in [0.25, 0.3) is 0 Å². The number of ether oxygens (including phenoxy) is 1. The number of carboxylic acid groups (broad SMARTS) is 1. The normalized spacial score (nSPS) is 23.1. The largest absolute Gasteiger partial charge is 0.475 e. The monoisotopic (exact) mass is 281 g/mol. The first-order valence-corrected chi connectivity index (χ1v) is 7.23. The first kappa shape index (κ1) is 15.1. The van der Waals surface area contributed by atoms with E-state index in [-0.39, 0.29) is 11.9 Å². The van der Waals surface area contributed by atoms with Crippen LogP contribution in [0.4, 0.5) is 0 Å². The van der Waals surface area contributed by atoms with Crippen LogP contribution in [0, 0.1) is 5.92 Å². The van der Waals surface area contributed by atoms with Crippen LogP contribution >= 0.6 is 0 Å². The maximum atomic E-state index is 10.8. The van der Waals surface area contributed by atoms with E-state index in [2.05, 4.69) is 19.2 Å². The number of hydrogen-bond donors (Lipinski definition) is 2. The fraction of sp³-hybridized carbons (Fsp3) is 0.667. The molecule has 0 spiro atoms. The number of carboxylic acids is 1. The molecule has 20 heavy (non-hydrogen) atoms. The number of hydrogen-bond acceptors (Lipinski definition) is 4. The van der Waals surface area contributed by atoms with E-state index >= 15 is 0 Å². The van der Waals surface area contributed by atoms with Gasteiger partial charge in [0.05, 0.1) is 12.6 Å². The van der Waals surface area contributed by atoms with Crippen LogP contribution in [0.15, 0.2) is 16.5 Å². The minimum Gasteiger partial charge on any atom is -0.475 e. The maximum absolute atomic E-state index is 10.8. The van der Waals surface area contributed by atoms with Crippen LogP contribution in [0.3, 0.4) is 0 Å². The second-order valence-electron chi connectivity index (χ2n) is 5.74. The Balaban J connectivity index is 1.88. The molecule has 5 heteroatoms. The SMILES string of the molecule is CC(C)CC1OCCCC1NCc1ccc(C(=O)O)o1. The molecule has 0 saturated carbocycles. The summed E-state index contributed by atoms with van der Waals surface area (Å²) < 4.78 is 11.1. The zero-order valence-corrected chi connectivity index (χ0v) is 12.1. The van der Waals surface area contributed by atoms with Gasteiger partial charge in [0.15, 0.2) is 0 Å². The molecule has 1 aliphatic heterocycles. The number of carbonyl (C=O) groups is 1. The molecule has 2 rings (SSSR count). The molecule has 2 N–H and O–H groups in total. The minimum absolute atomic E-state index is 0.0135. The third-order valence-electron chi connectivity index (χ3n) is 3.55.